The number of hydrogen-bond donors (Lipinski definition) is 0. The van der Waals surface area contributed by atoms with Gasteiger partial charge >= 0.3 is 6.18 Å². The normalized spacial score (nSPS) is 11.5. The standard InChI is InChI=1S/C23H18F3N3OS2/c1-14-21(32-22(27-14)17-8-3-4-9-19(17)30-2)18-10-11-20(29-28-18)31-13-15-6-5-7-16(12-15)23(24,25)26/h3-12H,13H2,1-2H3. The third-order valence-electron chi connectivity index (χ3n) is 4.65. The molecule has 0 N–H and O–H groups in total. The van der Waals surface area contributed by atoms with E-state index in [1.54, 1.807) is 13.2 Å². The number of benzene rings is 2. The second-order valence-corrected chi connectivity index (χ2v) is 8.87. The Labute approximate surface area is 191 Å². The summed E-state index contributed by atoms with van der Waals surface area (Å²) < 4.78 is 44.1. The van der Waals surface area contributed by atoms with Gasteiger partial charge in [-0.15, -0.1) is 21.5 Å². The number of methoxy groups -OCH3 is 1. The van der Waals surface area contributed by atoms with Crippen LogP contribution in [0.2, 0.25) is 0 Å². The molecule has 0 aliphatic heterocycles. The minimum atomic E-state index is -4.35. The zero-order valence-corrected chi connectivity index (χ0v) is 18.8. The Morgan fingerprint density at radius 2 is 1.81 bits per heavy atom. The molecular weight excluding hydrogens is 455 g/mol. The summed E-state index contributed by atoms with van der Waals surface area (Å²) in [7, 11) is 1.63. The van der Waals surface area contributed by atoms with Crippen LogP contribution in [0.3, 0.4) is 0 Å². The number of rotatable bonds is 6. The minimum absolute atomic E-state index is 0.371. The summed E-state index contributed by atoms with van der Waals surface area (Å²) in [5.74, 6) is 1.12. The largest absolute Gasteiger partial charge is 0.496 e. The van der Waals surface area contributed by atoms with Crippen molar-refractivity contribution < 1.29 is 17.9 Å². The molecule has 0 atom stereocenters. The molecule has 2 aromatic heterocycles. The lowest BCUT2D eigenvalue weighted by Gasteiger charge is -2.08. The van der Waals surface area contributed by atoms with Gasteiger partial charge in [0.05, 0.1) is 28.8 Å². The van der Waals surface area contributed by atoms with E-state index < -0.39 is 11.7 Å². The molecule has 4 aromatic rings. The molecule has 32 heavy (non-hydrogen) atoms. The highest BCUT2D eigenvalue weighted by atomic mass is 32.2. The lowest BCUT2D eigenvalue weighted by Crippen LogP contribution is -2.04. The molecule has 0 bridgehead atoms. The fraction of sp³-hybridized carbons (Fsp3) is 0.174. The second-order valence-electron chi connectivity index (χ2n) is 6.88. The van der Waals surface area contributed by atoms with Crippen LogP contribution in [0, 0.1) is 6.92 Å². The molecule has 0 aliphatic carbocycles. The summed E-state index contributed by atoms with van der Waals surface area (Å²) >= 11 is 2.85. The smallest absolute Gasteiger partial charge is 0.416 e. The summed E-state index contributed by atoms with van der Waals surface area (Å²) in [4.78, 5) is 5.58. The quantitative estimate of drug-likeness (QED) is 0.285. The molecule has 0 fully saturated rings. The Morgan fingerprint density at radius 1 is 1.00 bits per heavy atom. The molecule has 4 rings (SSSR count). The van der Waals surface area contributed by atoms with Crippen molar-refractivity contribution in [2.45, 2.75) is 23.9 Å². The maximum Gasteiger partial charge on any atom is 0.416 e. The molecule has 2 heterocycles. The number of alkyl halides is 3. The van der Waals surface area contributed by atoms with Crippen LogP contribution in [0.4, 0.5) is 13.2 Å². The zero-order chi connectivity index (χ0) is 22.7. The molecule has 0 spiro atoms. The van der Waals surface area contributed by atoms with Crippen molar-refractivity contribution in [2.75, 3.05) is 7.11 Å². The van der Waals surface area contributed by atoms with Gasteiger partial charge in [-0.05, 0) is 42.8 Å². The lowest BCUT2D eigenvalue weighted by atomic mass is 10.1. The number of thiazole rings is 1. The maximum absolute atomic E-state index is 12.9. The monoisotopic (exact) mass is 473 g/mol. The van der Waals surface area contributed by atoms with Crippen LogP contribution in [0.5, 0.6) is 5.75 Å². The van der Waals surface area contributed by atoms with Gasteiger partial charge in [-0.25, -0.2) is 4.98 Å². The van der Waals surface area contributed by atoms with E-state index in [9.17, 15) is 13.2 Å². The molecule has 0 saturated heterocycles. The van der Waals surface area contributed by atoms with E-state index in [4.69, 9.17) is 4.74 Å². The van der Waals surface area contributed by atoms with Crippen LogP contribution in [-0.4, -0.2) is 22.3 Å². The third kappa shape index (κ3) is 4.94. The van der Waals surface area contributed by atoms with Gasteiger partial charge in [-0.3, -0.25) is 0 Å². The van der Waals surface area contributed by atoms with Gasteiger partial charge in [-0.2, -0.15) is 13.2 Å². The van der Waals surface area contributed by atoms with Crippen LogP contribution in [-0.2, 0) is 11.9 Å². The number of nitrogens with zero attached hydrogens (tertiary/aromatic N) is 3. The van der Waals surface area contributed by atoms with E-state index in [1.807, 2.05) is 43.3 Å². The average Bonchev–Trinajstić information content (AvgIpc) is 3.19. The summed E-state index contributed by atoms with van der Waals surface area (Å²) in [6, 6.07) is 16.7. The molecule has 0 aliphatic rings. The molecule has 0 saturated carbocycles. The topological polar surface area (TPSA) is 47.9 Å². The van der Waals surface area contributed by atoms with Gasteiger partial charge in [0, 0.05) is 5.75 Å². The first kappa shape index (κ1) is 22.3. The predicted octanol–water partition coefficient (Wildman–Crippen LogP) is 6.90. The number of aromatic nitrogens is 3. The van der Waals surface area contributed by atoms with Crippen molar-refractivity contribution in [2.24, 2.45) is 0 Å². The maximum atomic E-state index is 12.9. The van der Waals surface area contributed by atoms with Crippen LogP contribution in [0.15, 0.2) is 65.7 Å². The lowest BCUT2D eigenvalue weighted by molar-refractivity contribution is -0.137. The van der Waals surface area contributed by atoms with Crippen molar-refractivity contribution in [1.82, 2.24) is 15.2 Å². The molecule has 0 radical (unpaired) electrons. The minimum Gasteiger partial charge on any atom is -0.496 e. The SMILES string of the molecule is COc1ccccc1-c1nc(C)c(-c2ccc(SCc3cccc(C(F)(F)F)c3)nn2)s1. The summed E-state index contributed by atoms with van der Waals surface area (Å²) in [5, 5.41) is 10.0. The summed E-state index contributed by atoms with van der Waals surface area (Å²) in [5.41, 5.74) is 2.38. The fourth-order valence-corrected chi connectivity index (χ4v) is 4.90. The Bertz CT molecular complexity index is 1220. The molecule has 2 aromatic carbocycles. The molecule has 0 amide bonds. The van der Waals surface area contributed by atoms with E-state index in [0.717, 1.165) is 39.0 Å². The highest BCUT2D eigenvalue weighted by Gasteiger charge is 2.30. The first-order chi connectivity index (χ1) is 15.3. The first-order valence-electron chi connectivity index (χ1n) is 9.59. The Morgan fingerprint density at radius 3 is 2.53 bits per heavy atom. The fourth-order valence-electron chi connectivity index (χ4n) is 3.08. The Kier molecular flexibility index (Phi) is 6.48. The molecular formula is C23H18F3N3OS2. The van der Waals surface area contributed by atoms with Gasteiger partial charge in [0.2, 0.25) is 0 Å². The molecule has 9 heteroatoms. The van der Waals surface area contributed by atoms with E-state index in [0.29, 0.717) is 22.0 Å². The highest BCUT2D eigenvalue weighted by Crippen LogP contribution is 2.38. The molecule has 164 valence electrons. The van der Waals surface area contributed by atoms with E-state index >= 15 is 0 Å². The van der Waals surface area contributed by atoms with E-state index in [-0.39, 0.29) is 0 Å². The van der Waals surface area contributed by atoms with Gasteiger partial charge < -0.3 is 4.74 Å². The van der Waals surface area contributed by atoms with Gasteiger partial charge in [0.1, 0.15) is 21.5 Å². The van der Waals surface area contributed by atoms with Gasteiger partial charge in [-0.1, -0.05) is 42.1 Å². The molecule has 4 nitrogen and oxygen atoms in total. The number of thioether (sulfide) groups is 1. The van der Waals surface area contributed by atoms with Crippen LogP contribution in [0.1, 0.15) is 16.8 Å². The summed E-state index contributed by atoms with van der Waals surface area (Å²) in [6.45, 7) is 1.92. The van der Waals surface area contributed by atoms with Crippen LogP contribution >= 0.6 is 23.1 Å². The second kappa shape index (κ2) is 9.30. The van der Waals surface area contributed by atoms with Gasteiger partial charge in [0.15, 0.2) is 0 Å². The van der Waals surface area contributed by atoms with Crippen molar-refractivity contribution in [3.05, 3.63) is 77.5 Å². The van der Waals surface area contributed by atoms with E-state index in [1.165, 1.54) is 29.2 Å². The number of ether oxygens (including phenoxy) is 1. The number of aryl methyl sites for hydroxylation is 1. The van der Waals surface area contributed by atoms with Crippen molar-refractivity contribution in [3.8, 4) is 26.9 Å². The average molecular weight is 474 g/mol. The number of hydrogen-bond acceptors (Lipinski definition) is 6. The van der Waals surface area contributed by atoms with Crippen LogP contribution < -0.4 is 4.74 Å². The van der Waals surface area contributed by atoms with Gasteiger partial charge in [0.25, 0.3) is 0 Å². The van der Waals surface area contributed by atoms with Crippen molar-refractivity contribution in [3.63, 3.8) is 0 Å². The third-order valence-corrected chi connectivity index (χ3v) is 6.85. The highest BCUT2D eigenvalue weighted by molar-refractivity contribution is 7.98. The van der Waals surface area contributed by atoms with Crippen molar-refractivity contribution in [1.29, 1.82) is 0 Å². The Hall–Kier alpha value is -2.91. The first-order valence-corrected chi connectivity index (χ1v) is 11.4. The number of para-hydroxylation sites is 1. The van der Waals surface area contributed by atoms with E-state index in [2.05, 4.69) is 15.2 Å². The summed E-state index contributed by atoms with van der Waals surface area (Å²) in [6.07, 6.45) is -4.35. The number of halogens is 3. The van der Waals surface area contributed by atoms with Crippen molar-refractivity contribution >= 4 is 23.1 Å². The predicted molar refractivity (Wildman–Crippen MR) is 121 cm³/mol. The molecule has 0 unspecified atom stereocenters. The Balaban J connectivity index is 1.49. The zero-order valence-electron chi connectivity index (χ0n) is 17.2. The van der Waals surface area contributed by atoms with Crippen LogP contribution in [0.25, 0.3) is 21.1 Å².